The average Bonchev–Trinajstić information content (AvgIpc) is 3.10. The summed E-state index contributed by atoms with van der Waals surface area (Å²) in [5.41, 5.74) is 6.73. The zero-order valence-corrected chi connectivity index (χ0v) is 12.5. The quantitative estimate of drug-likeness (QED) is 0.923. The van der Waals surface area contributed by atoms with Crippen molar-refractivity contribution in [3.05, 3.63) is 29.6 Å². The molecule has 2 N–H and O–H groups in total. The van der Waals surface area contributed by atoms with E-state index in [-0.39, 0.29) is 25.3 Å². The van der Waals surface area contributed by atoms with Crippen LogP contribution in [0.25, 0.3) is 0 Å². The zero-order valence-electron chi connectivity index (χ0n) is 12.5. The van der Waals surface area contributed by atoms with Gasteiger partial charge in [-0.2, -0.15) is 0 Å². The van der Waals surface area contributed by atoms with E-state index in [1.165, 1.54) is 6.07 Å². The van der Waals surface area contributed by atoms with Crippen LogP contribution in [0.5, 0.6) is 0 Å². The predicted molar refractivity (Wildman–Crippen MR) is 80.8 cm³/mol. The molecule has 0 aliphatic carbocycles. The van der Waals surface area contributed by atoms with Gasteiger partial charge in [-0.05, 0) is 25.0 Å². The smallest absolute Gasteiger partial charge is 0.234 e. The van der Waals surface area contributed by atoms with Crippen molar-refractivity contribution < 1.29 is 13.6 Å². The van der Waals surface area contributed by atoms with E-state index in [2.05, 4.69) is 4.90 Å². The van der Waals surface area contributed by atoms with Gasteiger partial charge in [0.05, 0.1) is 6.04 Å². The minimum atomic E-state index is -1.08. The van der Waals surface area contributed by atoms with Crippen LogP contribution >= 0.6 is 0 Å². The summed E-state index contributed by atoms with van der Waals surface area (Å²) in [6, 6.07) is 4.35. The number of rotatable bonds is 4. The highest BCUT2D eigenvalue weighted by Gasteiger charge is 2.36. The fourth-order valence-corrected chi connectivity index (χ4v) is 3.48. The molecule has 6 heteroatoms. The third kappa shape index (κ3) is 2.92. The van der Waals surface area contributed by atoms with Gasteiger partial charge in [0.15, 0.2) is 0 Å². The molecule has 22 heavy (non-hydrogen) atoms. The number of nitrogens with zero attached hydrogens (tertiary/aromatic N) is 2. The van der Waals surface area contributed by atoms with Crippen molar-refractivity contribution in [2.45, 2.75) is 38.0 Å². The van der Waals surface area contributed by atoms with Crippen molar-refractivity contribution in [1.82, 2.24) is 4.90 Å². The molecule has 0 aromatic heterocycles. The van der Waals surface area contributed by atoms with Crippen molar-refractivity contribution in [3.63, 3.8) is 0 Å². The number of benzene rings is 1. The summed E-state index contributed by atoms with van der Waals surface area (Å²) < 4.78 is 28.0. The number of anilines is 1. The number of hydrogen-bond donors (Lipinski definition) is 1. The molecule has 0 spiro atoms. The Hall–Kier alpha value is -1.69. The standard InChI is InChI=1S/C16H21F2N3O/c17-11-8-15(16(19)22)21(9-11)10-12-13(18)4-3-5-14(12)20-6-1-2-7-20/h3-5,11,15H,1-2,6-10H2,(H2,19,22)/t11-,15+/m1/s1. The second kappa shape index (κ2) is 6.20. The summed E-state index contributed by atoms with van der Waals surface area (Å²) in [6.45, 7) is 2.15. The third-order valence-corrected chi connectivity index (χ3v) is 4.58. The number of carbonyl (C=O) groups excluding carboxylic acids is 1. The molecule has 0 radical (unpaired) electrons. The Morgan fingerprint density at radius 1 is 1.32 bits per heavy atom. The van der Waals surface area contributed by atoms with Crippen molar-refractivity contribution >= 4 is 11.6 Å². The molecule has 0 saturated carbocycles. The van der Waals surface area contributed by atoms with Gasteiger partial charge in [-0.15, -0.1) is 0 Å². The molecule has 0 bridgehead atoms. The predicted octanol–water partition coefficient (Wildman–Crippen LogP) is 1.82. The lowest BCUT2D eigenvalue weighted by atomic mass is 10.1. The number of nitrogens with two attached hydrogens (primary N) is 1. The van der Waals surface area contributed by atoms with Crippen molar-refractivity contribution in [3.8, 4) is 0 Å². The van der Waals surface area contributed by atoms with Gasteiger partial charge in [0.1, 0.15) is 12.0 Å². The number of carbonyl (C=O) groups is 1. The van der Waals surface area contributed by atoms with E-state index in [0.29, 0.717) is 5.56 Å². The lowest BCUT2D eigenvalue weighted by Gasteiger charge is -2.26. The molecular formula is C16H21F2N3O. The van der Waals surface area contributed by atoms with Crippen LogP contribution in [0, 0.1) is 5.82 Å². The molecule has 3 rings (SSSR count). The van der Waals surface area contributed by atoms with E-state index in [1.807, 2.05) is 6.07 Å². The van der Waals surface area contributed by atoms with Crippen LogP contribution in [0.1, 0.15) is 24.8 Å². The largest absolute Gasteiger partial charge is 0.371 e. The normalized spacial score (nSPS) is 25.8. The van der Waals surface area contributed by atoms with Gasteiger partial charge >= 0.3 is 0 Å². The first-order chi connectivity index (χ1) is 10.6. The molecule has 2 aliphatic rings. The van der Waals surface area contributed by atoms with Crippen LogP contribution in [0.15, 0.2) is 18.2 Å². The Morgan fingerprint density at radius 3 is 2.73 bits per heavy atom. The Bertz CT molecular complexity index is 560. The van der Waals surface area contributed by atoms with Gasteiger partial charge in [-0.3, -0.25) is 9.69 Å². The summed E-state index contributed by atoms with van der Waals surface area (Å²) in [5, 5.41) is 0. The van der Waals surface area contributed by atoms with Gasteiger partial charge in [0.2, 0.25) is 5.91 Å². The first-order valence-electron chi connectivity index (χ1n) is 7.76. The molecule has 4 nitrogen and oxygen atoms in total. The molecule has 2 atom stereocenters. The Morgan fingerprint density at radius 2 is 2.05 bits per heavy atom. The van der Waals surface area contributed by atoms with E-state index in [4.69, 9.17) is 5.73 Å². The molecule has 2 aliphatic heterocycles. The Kier molecular flexibility index (Phi) is 4.29. The zero-order chi connectivity index (χ0) is 15.7. The number of amides is 1. The lowest BCUT2D eigenvalue weighted by Crippen LogP contribution is -2.40. The van der Waals surface area contributed by atoms with Crippen LogP contribution in [-0.2, 0) is 11.3 Å². The Labute approximate surface area is 128 Å². The number of likely N-dealkylation sites (tertiary alicyclic amines) is 1. The van der Waals surface area contributed by atoms with Gasteiger partial charge in [-0.1, -0.05) is 6.07 Å². The second-order valence-electron chi connectivity index (χ2n) is 6.11. The molecule has 1 aromatic carbocycles. The first-order valence-corrected chi connectivity index (χ1v) is 7.76. The summed E-state index contributed by atoms with van der Waals surface area (Å²) in [4.78, 5) is 15.3. The lowest BCUT2D eigenvalue weighted by molar-refractivity contribution is -0.122. The molecule has 2 heterocycles. The average molecular weight is 309 g/mol. The number of primary amides is 1. The third-order valence-electron chi connectivity index (χ3n) is 4.58. The van der Waals surface area contributed by atoms with Gasteiger partial charge in [0, 0.05) is 43.9 Å². The van der Waals surface area contributed by atoms with E-state index in [1.54, 1.807) is 11.0 Å². The van der Waals surface area contributed by atoms with E-state index in [0.717, 1.165) is 31.6 Å². The van der Waals surface area contributed by atoms with Crippen molar-refractivity contribution in [1.29, 1.82) is 0 Å². The van der Waals surface area contributed by atoms with Crippen LogP contribution in [-0.4, -0.2) is 42.7 Å². The summed E-state index contributed by atoms with van der Waals surface area (Å²) in [7, 11) is 0. The maximum Gasteiger partial charge on any atom is 0.234 e. The number of hydrogen-bond acceptors (Lipinski definition) is 3. The topological polar surface area (TPSA) is 49.6 Å². The van der Waals surface area contributed by atoms with E-state index in [9.17, 15) is 13.6 Å². The fraction of sp³-hybridized carbons (Fsp3) is 0.562. The van der Waals surface area contributed by atoms with E-state index >= 15 is 0 Å². The summed E-state index contributed by atoms with van der Waals surface area (Å²) in [6.07, 6.45) is 1.20. The highest BCUT2D eigenvalue weighted by molar-refractivity contribution is 5.80. The molecule has 120 valence electrons. The highest BCUT2D eigenvalue weighted by atomic mass is 19.1. The molecule has 1 amide bonds. The summed E-state index contributed by atoms with van der Waals surface area (Å²) >= 11 is 0. The van der Waals surface area contributed by atoms with Crippen molar-refractivity contribution in [2.24, 2.45) is 5.73 Å². The van der Waals surface area contributed by atoms with Gasteiger partial charge in [-0.25, -0.2) is 8.78 Å². The van der Waals surface area contributed by atoms with Crippen molar-refractivity contribution in [2.75, 3.05) is 24.5 Å². The molecule has 2 saturated heterocycles. The number of alkyl halides is 1. The van der Waals surface area contributed by atoms with Crippen LogP contribution in [0.2, 0.25) is 0 Å². The van der Waals surface area contributed by atoms with Crippen LogP contribution in [0.3, 0.4) is 0 Å². The fourth-order valence-electron chi connectivity index (χ4n) is 3.48. The van der Waals surface area contributed by atoms with Gasteiger partial charge in [0.25, 0.3) is 0 Å². The molecule has 1 aromatic rings. The second-order valence-corrected chi connectivity index (χ2v) is 6.11. The Balaban J connectivity index is 1.86. The maximum absolute atomic E-state index is 14.3. The maximum atomic E-state index is 14.3. The van der Waals surface area contributed by atoms with Crippen LogP contribution in [0.4, 0.5) is 14.5 Å². The number of halogens is 2. The molecule has 0 unspecified atom stereocenters. The SMILES string of the molecule is NC(=O)[C@@H]1C[C@@H](F)CN1Cc1c(F)cccc1N1CCCC1. The minimum Gasteiger partial charge on any atom is -0.371 e. The monoisotopic (exact) mass is 309 g/mol. The molecule has 2 fully saturated rings. The van der Waals surface area contributed by atoms with Crippen LogP contribution < -0.4 is 10.6 Å². The van der Waals surface area contributed by atoms with E-state index < -0.39 is 18.1 Å². The highest BCUT2D eigenvalue weighted by Crippen LogP contribution is 2.30. The summed E-state index contributed by atoms with van der Waals surface area (Å²) in [5.74, 6) is -0.853. The minimum absolute atomic E-state index is 0.100. The molecular weight excluding hydrogens is 288 g/mol. The first kappa shape index (κ1) is 15.2. The van der Waals surface area contributed by atoms with Gasteiger partial charge < -0.3 is 10.6 Å².